The van der Waals surface area contributed by atoms with Crippen LogP contribution in [0, 0.1) is 5.92 Å². The van der Waals surface area contributed by atoms with Gasteiger partial charge in [-0.05, 0) is 24.6 Å². The Morgan fingerprint density at radius 3 is 2.54 bits per heavy atom. The summed E-state index contributed by atoms with van der Waals surface area (Å²) in [7, 11) is 1.36. The quantitative estimate of drug-likeness (QED) is 0.577. The Labute approximate surface area is 160 Å². The summed E-state index contributed by atoms with van der Waals surface area (Å²) in [6, 6.07) is 4.02. The van der Waals surface area contributed by atoms with Gasteiger partial charge in [-0.15, -0.1) is 0 Å². The van der Waals surface area contributed by atoms with E-state index in [1.807, 2.05) is 4.90 Å². The van der Waals surface area contributed by atoms with Crippen LogP contribution in [0.4, 0.5) is 5.69 Å². The average molecular weight is 385 g/mol. The highest BCUT2D eigenvalue weighted by atomic mass is 16.5. The molecule has 1 N–H and O–H groups in total. The van der Waals surface area contributed by atoms with Crippen molar-refractivity contribution in [1.82, 2.24) is 10.2 Å². The lowest BCUT2D eigenvalue weighted by Gasteiger charge is -2.40. The zero-order chi connectivity index (χ0) is 20.0. The second-order valence-electron chi connectivity index (χ2n) is 7.23. The number of methoxy groups -OCH3 is 1. The second-order valence-corrected chi connectivity index (χ2v) is 7.23. The fraction of sp³-hybridized carbons (Fsp3) is 0.421. The van der Waals surface area contributed by atoms with E-state index in [2.05, 4.69) is 10.1 Å². The average Bonchev–Trinajstić information content (AvgIpc) is 2.88. The van der Waals surface area contributed by atoms with Crippen molar-refractivity contribution in [3.8, 4) is 0 Å². The smallest absolute Gasteiger partial charge is 0.305 e. The maximum atomic E-state index is 12.8. The summed E-state index contributed by atoms with van der Waals surface area (Å²) in [5.41, 5.74) is 1.29. The predicted molar refractivity (Wildman–Crippen MR) is 95.4 cm³/mol. The number of anilines is 1. The van der Waals surface area contributed by atoms with E-state index in [1.54, 1.807) is 18.2 Å². The largest absolute Gasteiger partial charge is 0.469 e. The lowest BCUT2D eigenvalue weighted by molar-refractivity contribution is -0.142. The molecule has 3 heterocycles. The maximum Gasteiger partial charge on any atom is 0.305 e. The number of benzene rings is 1. The number of hydrogen-bond donors (Lipinski definition) is 1. The molecule has 146 valence electrons. The molecule has 0 aromatic heterocycles. The van der Waals surface area contributed by atoms with Crippen molar-refractivity contribution in [3.05, 3.63) is 29.3 Å². The van der Waals surface area contributed by atoms with Gasteiger partial charge in [0, 0.05) is 31.1 Å². The molecule has 0 radical (unpaired) electrons. The Bertz CT molecular complexity index is 905. The van der Waals surface area contributed by atoms with Crippen LogP contribution in [-0.4, -0.2) is 60.7 Å². The first-order valence-corrected chi connectivity index (χ1v) is 9.06. The molecule has 9 heteroatoms. The van der Waals surface area contributed by atoms with Crippen LogP contribution < -0.4 is 10.2 Å². The number of ether oxygens (including phenoxy) is 1. The number of esters is 1. The highest BCUT2D eigenvalue weighted by molar-refractivity contribution is 6.23. The molecule has 1 aromatic rings. The van der Waals surface area contributed by atoms with Crippen LogP contribution in [0.5, 0.6) is 0 Å². The Morgan fingerprint density at radius 1 is 1.14 bits per heavy atom. The van der Waals surface area contributed by atoms with Gasteiger partial charge < -0.3 is 9.64 Å². The molecule has 3 aliphatic rings. The van der Waals surface area contributed by atoms with Gasteiger partial charge in [-0.1, -0.05) is 0 Å². The van der Waals surface area contributed by atoms with Crippen molar-refractivity contribution in [3.63, 3.8) is 0 Å². The molecule has 4 rings (SSSR count). The maximum absolute atomic E-state index is 12.8. The van der Waals surface area contributed by atoms with E-state index in [0.717, 1.165) is 10.6 Å². The number of imide groups is 2. The summed E-state index contributed by atoms with van der Waals surface area (Å²) >= 11 is 0. The van der Waals surface area contributed by atoms with Gasteiger partial charge in [-0.25, -0.2) is 0 Å². The molecule has 0 saturated carbocycles. The van der Waals surface area contributed by atoms with E-state index in [1.165, 1.54) is 7.11 Å². The molecule has 0 spiro atoms. The molecule has 1 aromatic carbocycles. The molecule has 2 fully saturated rings. The van der Waals surface area contributed by atoms with Crippen molar-refractivity contribution < 1.29 is 28.7 Å². The van der Waals surface area contributed by atoms with Gasteiger partial charge in [-0.3, -0.25) is 34.2 Å². The van der Waals surface area contributed by atoms with E-state index in [-0.39, 0.29) is 35.9 Å². The summed E-state index contributed by atoms with van der Waals surface area (Å²) in [5, 5.41) is 2.18. The van der Waals surface area contributed by atoms with Gasteiger partial charge in [0.2, 0.25) is 11.8 Å². The van der Waals surface area contributed by atoms with Gasteiger partial charge in [0.15, 0.2) is 0 Å². The van der Waals surface area contributed by atoms with Gasteiger partial charge >= 0.3 is 5.97 Å². The lowest BCUT2D eigenvalue weighted by atomic mass is 9.95. The van der Waals surface area contributed by atoms with Crippen molar-refractivity contribution in [2.45, 2.75) is 25.3 Å². The summed E-state index contributed by atoms with van der Waals surface area (Å²) in [6.07, 6.45) is 0.563. The lowest BCUT2D eigenvalue weighted by Crippen LogP contribution is -2.54. The Balaban J connectivity index is 1.50. The highest BCUT2D eigenvalue weighted by Crippen LogP contribution is 2.33. The number of rotatable bonds is 4. The van der Waals surface area contributed by atoms with Gasteiger partial charge in [-0.2, -0.15) is 0 Å². The van der Waals surface area contributed by atoms with Crippen molar-refractivity contribution >= 4 is 35.3 Å². The van der Waals surface area contributed by atoms with E-state index < -0.39 is 29.7 Å². The fourth-order valence-electron chi connectivity index (χ4n) is 3.88. The molecule has 1 atom stereocenters. The van der Waals surface area contributed by atoms with E-state index in [4.69, 9.17) is 0 Å². The molecule has 2 saturated heterocycles. The number of carbonyl (C=O) groups is 5. The van der Waals surface area contributed by atoms with Crippen molar-refractivity contribution in [2.24, 2.45) is 5.92 Å². The Kier molecular flexibility index (Phi) is 4.37. The predicted octanol–water partition coefficient (Wildman–Crippen LogP) is 0.0871. The first kappa shape index (κ1) is 18.1. The molecular formula is C19H19N3O6. The summed E-state index contributed by atoms with van der Waals surface area (Å²) in [4.78, 5) is 63.2. The molecule has 0 aliphatic carbocycles. The minimum Gasteiger partial charge on any atom is -0.469 e. The molecule has 9 nitrogen and oxygen atoms in total. The molecule has 28 heavy (non-hydrogen) atoms. The summed E-state index contributed by atoms with van der Waals surface area (Å²) in [6.45, 7) is 1.32. The van der Waals surface area contributed by atoms with Crippen LogP contribution >= 0.6 is 0 Å². The minimum absolute atomic E-state index is 0.0877. The summed E-state index contributed by atoms with van der Waals surface area (Å²) < 4.78 is 4.67. The SMILES string of the molecule is COC(=O)CC1CN(c2ccc3c(c2)C(=O)N(C2CCC(=O)NC2=O)C3=O)C1. The fourth-order valence-corrected chi connectivity index (χ4v) is 3.88. The van der Waals surface area contributed by atoms with E-state index in [9.17, 15) is 24.0 Å². The molecule has 4 amide bonds. The topological polar surface area (TPSA) is 113 Å². The van der Waals surface area contributed by atoms with E-state index in [0.29, 0.717) is 19.5 Å². The van der Waals surface area contributed by atoms with Crippen molar-refractivity contribution in [1.29, 1.82) is 0 Å². The van der Waals surface area contributed by atoms with Crippen LogP contribution in [0.2, 0.25) is 0 Å². The molecule has 0 bridgehead atoms. The third-order valence-corrected chi connectivity index (χ3v) is 5.43. The minimum atomic E-state index is -0.970. The highest BCUT2D eigenvalue weighted by Gasteiger charge is 2.45. The zero-order valence-electron chi connectivity index (χ0n) is 15.3. The van der Waals surface area contributed by atoms with E-state index >= 15 is 0 Å². The Morgan fingerprint density at radius 2 is 1.86 bits per heavy atom. The van der Waals surface area contributed by atoms with Crippen LogP contribution in [0.3, 0.4) is 0 Å². The zero-order valence-corrected chi connectivity index (χ0v) is 15.3. The van der Waals surface area contributed by atoms with Gasteiger partial charge in [0.25, 0.3) is 11.8 Å². The van der Waals surface area contributed by atoms with Gasteiger partial charge in [0.05, 0.1) is 24.7 Å². The molecule has 1 unspecified atom stereocenters. The normalized spacial score (nSPS) is 22.1. The number of fused-ring (bicyclic) bond motifs is 1. The van der Waals surface area contributed by atoms with Crippen LogP contribution in [0.15, 0.2) is 18.2 Å². The van der Waals surface area contributed by atoms with Crippen LogP contribution in [0.25, 0.3) is 0 Å². The number of hydrogen-bond acceptors (Lipinski definition) is 7. The molecule has 3 aliphatic heterocycles. The Hall–Kier alpha value is -3.23. The first-order valence-electron chi connectivity index (χ1n) is 9.06. The van der Waals surface area contributed by atoms with Crippen molar-refractivity contribution in [2.75, 3.05) is 25.1 Å². The summed E-state index contributed by atoms with van der Waals surface area (Å²) in [5.74, 6) is -2.13. The third-order valence-electron chi connectivity index (χ3n) is 5.43. The van der Waals surface area contributed by atoms with Gasteiger partial charge in [0.1, 0.15) is 6.04 Å². The monoisotopic (exact) mass is 385 g/mol. The number of piperidine rings is 1. The standard InChI is InChI=1S/C19H19N3O6/c1-28-16(24)6-10-8-21(9-10)11-2-3-12-13(7-11)19(27)22(18(12)26)14-4-5-15(23)20-17(14)25/h2-3,7,10,14H,4-6,8-9H2,1H3,(H,20,23,25). The number of nitrogens with one attached hydrogen (secondary N) is 1. The number of carbonyl (C=O) groups excluding carboxylic acids is 5. The van der Waals surface area contributed by atoms with Crippen LogP contribution in [0.1, 0.15) is 40.0 Å². The number of nitrogens with zero attached hydrogens (tertiary/aromatic N) is 2. The second kappa shape index (κ2) is 6.74. The molecular weight excluding hydrogens is 366 g/mol. The van der Waals surface area contributed by atoms with Crippen LogP contribution in [-0.2, 0) is 19.1 Å². The third kappa shape index (κ3) is 2.92. The number of amides is 4. The first-order chi connectivity index (χ1) is 13.4.